The average Bonchev–Trinajstić information content (AvgIpc) is 2.35. The molecule has 17 heavy (non-hydrogen) atoms. The van der Waals surface area contributed by atoms with Gasteiger partial charge in [-0.1, -0.05) is 13.8 Å². The van der Waals surface area contributed by atoms with Gasteiger partial charge in [-0.15, -0.1) is 0 Å². The molecule has 1 aromatic rings. The van der Waals surface area contributed by atoms with Gasteiger partial charge in [0.25, 0.3) is 0 Å². The first-order valence-electron chi connectivity index (χ1n) is 6.09. The minimum Gasteiger partial charge on any atom is -0.373 e. The zero-order valence-electron chi connectivity index (χ0n) is 11.1. The number of hydrogen-bond acceptors (Lipinski definition) is 5. The lowest BCUT2D eigenvalue weighted by molar-refractivity contribution is 0.878. The third kappa shape index (κ3) is 4.81. The quantitative estimate of drug-likeness (QED) is 0.783. The van der Waals surface area contributed by atoms with Crippen molar-refractivity contribution in [2.75, 3.05) is 29.2 Å². The monoisotopic (exact) mass is 254 g/mol. The highest BCUT2D eigenvalue weighted by molar-refractivity contribution is 7.99. The summed E-state index contributed by atoms with van der Waals surface area (Å²) < 4.78 is 0. The van der Waals surface area contributed by atoms with Crippen LogP contribution in [-0.2, 0) is 6.42 Å². The summed E-state index contributed by atoms with van der Waals surface area (Å²) in [7, 11) is 1.88. The van der Waals surface area contributed by atoms with Gasteiger partial charge in [0.1, 0.15) is 17.5 Å². The molecular weight excluding hydrogens is 232 g/mol. The van der Waals surface area contributed by atoms with E-state index in [4.69, 9.17) is 0 Å². The predicted octanol–water partition coefficient (Wildman–Crippen LogP) is 2.63. The molecule has 0 amide bonds. The second-order valence-electron chi connectivity index (χ2n) is 3.86. The van der Waals surface area contributed by atoms with Crippen LogP contribution >= 0.6 is 11.8 Å². The molecule has 1 rings (SSSR count). The van der Waals surface area contributed by atoms with Crippen molar-refractivity contribution in [2.45, 2.75) is 33.2 Å². The Hall–Kier alpha value is -0.970. The number of anilines is 2. The van der Waals surface area contributed by atoms with Crippen LogP contribution < -0.4 is 10.6 Å². The lowest BCUT2D eigenvalue weighted by atomic mass is 10.3. The van der Waals surface area contributed by atoms with E-state index in [0.717, 1.165) is 35.4 Å². The maximum Gasteiger partial charge on any atom is 0.132 e. The number of aryl methyl sites for hydroxylation is 1. The third-order valence-electron chi connectivity index (χ3n) is 2.31. The topological polar surface area (TPSA) is 49.8 Å². The van der Waals surface area contributed by atoms with Crippen molar-refractivity contribution < 1.29 is 0 Å². The van der Waals surface area contributed by atoms with Crippen molar-refractivity contribution in [1.29, 1.82) is 0 Å². The summed E-state index contributed by atoms with van der Waals surface area (Å²) in [5.74, 6) is 4.89. The van der Waals surface area contributed by atoms with E-state index in [-0.39, 0.29) is 0 Å². The number of nitrogens with one attached hydrogen (secondary N) is 2. The molecule has 0 aliphatic carbocycles. The van der Waals surface area contributed by atoms with Crippen LogP contribution in [-0.4, -0.2) is 34.6 Å². The van der Waals surface area contributed by atoms with Crippen LogP contribution in [0.25, 0.3) is 0 Å². The van der Waals surface area contributed by atoms with Crippen LogP contribution in [0.15, 0.2) is 6.07 Å². The Bertz CT molecular complexity index is 321. The smallest absolute Gasteiger partial charge is 0.132 e. The average molecular weight is 254 g/mol. The van der Waals surface area contributed by atoms with Crippen LogP contribution in [0.1, 0.15) is 26.6 Å². The molecule has 0 spiro atoms. The van der Waals surface area contributed by atoms with Crippen molar-refractivity contribution in [1.82, 2.24) is 9.97 Å². The zero-order valence-corrected chi connectivity index (χ0v) is 11.9. The molecule has 0 aliphatic heterocycles. The summed E-state index contributed by atoms with van der Waals surface area (Å²) in [6.07, 6.45) is 0.849. The molecule has 1 atom stereocenters. The second-order valence-corrected chi connectivity index (χ2v) is 5.18. The third-order valence-corrected chi connectivity index (χ3v) is 3.46. The molecule has 0 aromatic carbocycles. The van der Waals surface area contributed by atoms with E-state index in [9.17, 15) is 0 Å². The van der Waals surface area contributed by atoms with Gasteiger partial charge in [0.05, 0.1) is 0 Å². The largest absolute Gasteiger partial charge is 0.373 e. The zero-order chi connectivity index (χ0) is 12.7. The fraction of sp³-hybridized carbons (Fsp3) is 0.667. The molecule has 2 N–H and O–H groups in total. The molecule has 0 fully saturated rings. The van der Waals surface area contributed by atoms with Gasteiger partial charge in [0.15, 0.2) is 0 Å². The molecule has 0 bridgehead atoms. The normalized spacial score (nSPS) is 12.2. The first-order valence-corrected chi connectivity index (χ1v) is 7.25. The van der Waals surface area contributed by atoms with E-state index < -0.39 is 0 Å². The highest BCUT2D eigenvalue weighted by Gasteiger charge is 2.06. The number of thioether (sulfide) groups is 1. The summed E-state index contributed by atoms with van der Waals surface area (Å²) in [4.78, 5) is 8.85. The van der Waals surface area contributed by atoms with E-state index in [1.807, 2.05) is 24.9 Å². The van der Waals surface area contributed by atoms with Gasteiger partial charge < -0.3 is 10.6 Å². The van der Waals surface area contributed by atoms with E-state index in [1.165, 1.54) is 0 Å². The maximum atomic E-state index is 4.48. The number of nitrogens with zero attached hydrogens (tertiary/aromatic N) is 2. The lowest BCUT2D eigenvalue weighted by Crippen LogP contribution is -2.19. The van der Waals surface area contributed by atoms with E-state index >= 15 is 0 Å². The van der Waals surface area contributed by atoms with E-state index in [2.05, 4.69) is 41.4 Å². The maximum absolute atomic E-state index is 4.48. The van der Waals surface area contributed by atoms with Crippen LogP contribution in [0, 0.1) is 0 Å². The summed E-state index contributed by atoms with van der Waals surface area (Å²) in [6.45, 7) is 6.42. The van der Waals surface area contributed by atoms with Crippen molar-refractivity contribution >= 4 is 23.4 Å². The molecular formula is C12H22N4S. The first-order chi connectivity index (χ1) is 8.19. The highest BCUT2D eigenvalue weighted by Crippen LogP contribution is 2.13. The Morgan fingerprint density at radius 1 is 1.29 bits per heavy atom. The minimum atomic E-state index is 0.421. The molecule has 0 radical (unpaired) electrons. The summed E-state index contributed by atoms with van der Waals surface area (Å²) >= 11 is 1.93. The molecule has 0 saturated heterocycles. The van der Waals surface area contributed by atoms with Gasteiger partial charge in [0, 0.05) is 31.3 Å². The van der Waals surface area contributed by atoms with Crippen LogP contribution in [0.4, 0.5) is 11.6 Å². The highest BCUT2D eigenvalue weighted by atomic mass is 32.2. The van der Waals surface area contributed by atoms with Gasteiger partial charge in [-0.2, -0.15) is 11.8 Å². The molecule has 1 aromatic heterocycles. The Morgan fingerprint density at radius 2 is 2.00 bits per heavy atom. The van der Waals surface area contributed by atoms with Crippen LogP contribution in [0.3, 0.4) is 0 Å². The van der Waals surface area contributed by atoms with Gasteiger partial charge in [-0.05, 0) is 12.7 Å². The van der Waals surface area contributed by atoms with Crippen molar-refractivity contribution in [3.05, 3.63) is 11.9 Å². The van der Waals surface area contributed by atoms with Crippen molar-refractivity contribution in [3.63, 3.8) is 0 Å². The first kappa shape index (κ1) is 14.1. The molecule has 1 unspecified atom stereocenters. The Kier molecular flexibility index (Phi) is 6.11. The lowest BCUT2D eigenvalue weighted by Gasteiger charge is -2.15. The van der Waals surface area contributed by atoms with Gasteiger partial charge >= 0.3 is 0 Å². The van der Waals surface area contributed by atoms with Gasteiger partial charge in [0.2, 0.25) is 0 Å². The Morgan fingerprint density at radius 3 is 2.59 bits per heavy atom. The standard InChI is InChI=1S/C12H22N4S/c1-5-10-15-11(13-4)7-12(16-10)14-9(3)8-17-6-2/h7,9H,5-6,8H2,1-4H3,(H2,13,14,15,16). The predicted molar refractivity (Wildman–Crippen MR) is 77.0 cm³/mol. The Balaban J connectivity index is 2.68. The number of hydrogen-bond donors (Lipinski definition) is 2. The van der Waals surface area contributed by atoms with Crippen molar-refractivity contribution in [2.24, 2.45) is 0 Å². The van der Waals surface area contributed by atoms with Crippen LogP contribution in [0.2, 0.25) is 0 Å². The fourth-order valence-corrected chi connectivity index (χ4v) is 2.12. The van der Waals surface area contributed by atoms with Gasteiger partial charge in [-0.3, -0.25) is 0 Å². The van der Waals surface area contributed by atoms with Crippen molar-refractivity contribution in [3.8, 4) is 0 Å². The molecule has 4 nitrogen and oxygen atoms in total. The molecule has 5 heteroatoms. The Labute approximate surface area is 108 Å². The SMILES string of the molecule is CCSCC(C)Nc1cc(NC)nc(CC)n1. The van der Waals surface area contributed by atoms with Crippen LogP contribution in [0.5, 0.6) is 0 Å². The molecule has 1 heterocycles. The molecule has 96 valence electrons. The van der Waals surface area contributed by atoms with Gasteiger partial charge in [-0.25, -0.2) is 9.97 Å². The summed E-state index contributed by atoms with van der Waals surface area (Å²) in [5.41, 5.74) is 0. The molecule has 0 saturated carbocycles. The summed E-state index contributed by atoms with van der Waals surface area (Å²) in [5, 5.41) is 6.48. The second kappa shape index (κ2) is 7.37. The fourth-order valence-electron chi connectivity index (χ4n) is 1.45. The summed E-state index contributed by atoms with van der Waals surface area (Å²) in [6, 6.07) is 2.37. The van der Waals surface area contributed by atoms with E-state index in [0.29, 0.717) is 6.04 Å². The number of aromatic nitrogens is 2. The minimum absolute atomic E-state index is 0.421. The number of rotatable bonds is 7. The molecule has 0 aliphatic rings. The van der Waals surface area contributed by atoms with E-state index in [1.54, 1.807) is 0 Å².